The molecule has 0 unspecified atom stereocenters. The molecule has 1 aromatic carbocycles. The topological polar surface area (TPSA) is 9.23 Å². The molecule has 0 atom stereocenters. The first-order chi connectivity index (χ1) is 5.58. The Bertz CT molecular complexity index is 253. The molecule has 0 saturated carbocycles. The van der Waals surface area contributed by atoms with E-state index in [0.29, 0.717) is 10.2 Å². The van der Waals surface area contributed by atoms with Crippen LogP contribution in [-0.2, 0) is 0 Å². The van der Waals surface area contributed by atoms with Crippen molar-refractivity contribution in [3.63, 3.8) is 0 Å². The van der Waals surface area contributed by atoms with E-state index < -0.39 is 5.82 Å². The van der Waals surface area contributed by atoms with Crippen molar-refractivity contribution in [2.24, 2.45) is 0 Å². The lowest BCUT2D eigenvalue weighted by Gasteiger charge is -2.08. The average Bonchev–Trinajstić information content (AvgIpc) is 1.81. The Labute approximate surface area is 79.7 Å². The molecule has 0 spiro atoms. The maximum Gasteiger partial charge on any atom is 0.136 e. The van der Waals surface area contributed by atoms with E-state index in [9.17, 15) is 4.39 Å². The van der Waals surface area contributed by atoms with Gasteiger partial charge >= 0.3 is 0 Å². The molecule has 0 bridgehead atoms. The van der Waals surface area contributed by atoms with Crippen LogP contribution in [0.5, 0.6) is 5.75 Å². The van der Waals surface area contributed by atoms with Crippen LogP contribution in [0.4, 0.5) is 4.39 Å². The van der Waals surface area contributed by atoms with E-state index in [1.165, 1.54) is 6.07 Å². The van der Waals surface area contributed by atoms with Crippen molar-refractivity contribution < 1.29 is 9.13 Å². The first kappa shape index (κ1) is 9.52. The number of rotatable bonds is 2. The summed E-state index contributed by atoms with van der Waals surface area (Å²) in [6.45, 7) is 3.76. The first-order valence-corrected chi connectivity index (χ1v) is 4.42. The fourth-order valence-electron chi connectivity index (χ4n) is 0.795. The summed E-state index contributed by atoms with van der Waals surface area (Å²) in [5.41, 5.74) is 0. The second-order valence-corrected chi connectivity index (χ2v) is 3.59. The van der Waals surface area contributed by atoms with Crippen LogP contribution in [0, 0.1) is 11.9 Å². The number of halogens is 2. The lowest BCUT2D eigenvalue weighted by molar-refractivity contribution is 0.240. The van der Waals surface area contributed by atoms with Crippen LogP contribution in [0.3, 0.4) is 0 Å². The Balaban J connectivity index is 2.85. The molecule has 0 saturated heterocycles. The highest BCUT2D eigenvalue weighted by molar-refractivity contribution is 9.10. The van der Waals surface area contributed by atoms with Crippen molar-refractivity contribution in [3.8, 4) is 5.75 Å². The maximum absolute atomic E-state index is 12.7. The molecule has 1 radical (unpaired) electrons. The highest BCUT2D eigenvalue weighted by Crippen LogP contribution is 2.20. The third-order valence-electron chi connectivity index (χ3n) is 1.14. The van der Waals surface area contributed by atoms with Gasteiger partial charge in [-0.3, -0.25) is 0 Å². The van der Waals surface area contributed by atoms with Crippen LogP contribution in [-0.4, -0.2) is 6.10 Å². The fourth-order valence-corrected chi connectivity index (χ4v) is 1.20. The van der Waals surface area contributed by atoms with Crippen LogP contribution in [0.2, 0.25) is 0 Å². The van der Waals surface area contributed by atoms with Gasteiger partial charge in [0, 0.05) is 4.47 Å². The number of hydrogen-bond donors (Lipinski definition) is 0. The van der Waals surface area contributed by atoms with Crippen molar-refractivity contribution in [2.45, 2.75) is 20.0 Å². The van der Waals surface area contributed by atoms with Gasteiger partial charge in [-0.05, 0) is 26.0 Å². The molecule has 65 valence electrons. The quantitative estimate of drug-likeness (QED) is 0.760. The third kappa shape index (κ3) is 2.81. The Morgan fingerprint density at radius 1 is 1.50 bits per heavy atom. The van der Waals surface area contributed by atoms with Gasteiger partial charge in [-0.25, -0.2) is 4.39 Å². The van der Waals surface area contributed by atoms with Gasteiger partial charge in [0.2, 0.25) is 0 Å². The molecule has 3 heteroatoms. The predicted octanol–water partition coefficient (Wildman–Crippen LogP) is 3.18. The molecule has 0 aliphatic carbocycles. The Morgan fingerprint density at radius 2 is 2.17 bits per heavy atom. The summed E-state index contributed by atoms with van der Waals surface area (Å²) < 4.78 is 18.6. The zero-order valence-electron chi connectivity index (χ0n) is 6.90. The smallest absolute Gasteiger partial charge is 0.136 e. The van der Waals surface area contributed by atoms with Gasteiger partial charge < -0.3 is 4.74 Å². The minimum atomic E-state index is -0.417. The summed E-state index contributed by atoms with van der Waals surface area (Å²) in [6, 6.07) is 5.48. The van der Waals surface area contributed by atoms with Crippen molar-refractivity contribution in [1.29, 1.82) is 0 Å². The molecule has 1 aromatic rings. The maximum atomic E-state index is 12.7. The molecule has 12 heavy (non-hydrogen) atoms. The molecule has 1 rings (SSSR count). The van der Waals surface area contributed by atoms with Crippen LogP contribution in [0.25, 0.3) is 0 Å². The van der Waals surface area contributed by atoms with Crippen LogP contribution < -0.4 is 4.74 Å². The summed E-state index contributed by atoms with van der Waals surface area (Å²) in [4.78, 5) is 0. The number of benzene rings is 1. The lowest BCUT2D eigenvalue weighted by atomic mass is 10.3. The largest absolute Gasteiger partial charge is 0.490 e. The minimum absolute atomic E-state index is 0.0370. The van der Waals surface area contributed by atoms with Crippen molar-refractivity contribution in [1.82, 2.24) is 0 Å². The summed E-state index contributed by atoms with van der Waals surface area (Å²) in [6.07, 6.45) is 0.0370. The number of hydrogen-bond acceptors (Lipinski definition) is 1. The Morgan fingerprint density at radius 3 is 2.67 bits per heavy atom. The molecular formula is C9H9BrFO. The van der Waals surface area contributed by atoms with Gasteiger partial charge in [-0.1, -0.05) is 15.9 Å². The van der Waals surface area contributed by atoms with Crippen LogP contribution in [0.15, 0.2) is 16.6 Å². The molecule has 0 aromatic heterocycles. The number of ether oxygens (including phenoxy) is 1. The molecule has 0 aliphatic rings. The van der Waals surface area contributed by atoms with E-state index in [1.54, 1.807) is 6.07 Å². The van der Waals surface area contributed by atoms with Crippen molar-refractivity contribution in [2.75, 3.05) is 0 Å². The molecule has 0 amide bonds. The van der Waals surface area contributed by atoms with Crippen LogP contribution in [0.1, 0.15) is 13.8 Å². The average molecular weight is 232 g/mol. The summed E-state index contributed by atoms with van der Waals surface area (Å²) in [5.74, 6) is 0.0110. The highest BCUT2D eigenvalue weighted by Gasteiger charge is 2.01. The van der Waals surface area contributed by atoms with E-state index in [2.05, 4.69) is 22.0 Å². The van der Waals surface area contributed by atoms with Crippen LogP contribution >= 0.6 is 15.9 Å². The lowest BCUT2D eigenvalue weighted by Crippen LogP contribution is -2.05. The van der Waals surface area contributed by atoms with Gasteiger partial charge in [-0.15, -0.1) is 0 Å². The van der Waals surface area contributed by atoms with E-state index in [0.717, 1.165) is 0 Å². The van der Waals surface area contributed by atoms with Gasteiger partial charge in [0.05, 0.1) is 12.2 Å². The molecule has 0 N–H and O–H groups in total. The Hall–Kier alpha value is -0.570. The third-order valence-corrected chi connectivity index (χ3v) is 1.60. The Kier molecular flexibility index (Phi) is 3.09. The van der Waals surface area contributed by atoms with Gasteiger partial charge in [0.15, 0.2) is 0 Å². The highest BCUT2D eigenvalue weighted by atomic mass is 79.9. The molecular weight excluding hydrogens is 223 g/mol. The van der Waals surface area contributed by atoms with Gasteiger partial charge in [0.25, 0.3) is 0 Å². The first-order valence-electron chi connectivity index (χ1n) is 3.63. The summed E-state index contributed by atoms with van der Waals surface area (Å²) in [7, 11) is 0. The molecule has 0 aliphatic heterocycles. The molecule has 0 fully saturated rings. The zero-order chi connectivity index (χ0) is 9.14. The zero-order valence-corrected chi connectivity index (χ0v) is 8.48. The SMILES string of the molecule is CC(C)Oc1[c]c(F)cc(Br)c1. The van der Waals surface area contributed by atoms with Gasteiger partial charge in [0.1, 0.15) is 11.6 Å². The normalized spacial score (nSPS) is 10.4. The molecule has 1 nitrogen and oxygen atoms in total. The standard InChI is InChI=1S/C9H9BrFO/c1-6(2)12-9-4-7(10)3-8(11)5-9/h3-4,6H,1-2H3. The van der Waals surface area contributed by atoms with Crippen molar-refractivity contribution in [3.05, 3.63) is 28.5 Å². The second kappa shape index (κ2) is 3.90. The molecule has 0 heterocycles. The van der Waals surface area contributed by atoms with E-state index >= 15 is 0 Å². The fraction of sp³-hybridized carbons (Fsp3) is 0.333. The van der Waals surface area contributed by atoms with Gasteiger partial charge in [-0.2, -0.15) is 0 Å². The predicted molar refractivity (Wildman–Crippen MR) is 48.7 cm³/mol. The van der Waals surface area contributed by atoms with E-state index in [1.807, 2.05) is 13.8 Å². The second-order valence-electron chi connectivity index (χ2n) is 2.68. The van der Waals surface area contributed by atoms with E-state index in [-0.39, 0.29) is 6.10 Å². The monoisotopic (exact) mass is 231 g/mol. The van der Waals surface area contributed by atoms with Crippen molar-refractivity contribution >= 4 is 15.9 Å². The summed E-state index contributed by atoms with van der Waals surface area (Å²) in [5, 5.41) is 0. The minimum Gasteiger partial charge on any atom is -0.490 e. The van der Waals surface area contributed by atoms with E-state index in [4.69, 9.17) is 4.74 Å². The summed E-state index contributed by atoms with van der Waals surface area (Å²) >= 11 is 3.16.